The van der Waals surface area contributed by atoms with Crippen molar-refractivity contribution in [1.82, 2.24) is 9.78 Å². The van der Waals surface area contributed by atoms with E-state index in [1.807, 2.05) is 6.07 Å². The summed E-state index contributed by atoms with van der Waals surface area (Å²) in [5, 5.41) is 13.9. The topological polar surface area (TPSA) is 129 Å². The zero-order valence-corrected chi connectivity index (χ0v) is 22.4. The van der Waals surface area contributed by atoms with Crippen LogP contribution >= 0.6 is 27.5 Å². The van der Waals surface area contributed by atoms with Gasteiger partial charge in [-0.15, -0.1) is 0 Å². The molecule has 2 N–H and O–H groups in total. The minimum absolute atomic E-state index is 0.0240. The van der Waals surface area contributed by atoms with Gasteiger partial charge in [0, 0.05) is 18.4 Å². The van der Waals surface area contributed by atoms with Crippen LogP contribution in [0.5, 0.6) is 17.2 Å². The van der Waals surface area contributed by atoms with Crippen molar-refractivity contribution in [3.63, 3.8) is 0 Å². The lowest BCUT2D eigenvalue weighted by Crippen LogP contribution is -2.27. The van der Waals surface area contributed by atoms with Gasteiger partial charge in [0.1, 0.15) is 17.4 Å². The summed E-state index contributed by atoms with van der Waals surface area (Å²) in [7, 11) is 1.45. The number of Topliss-reactive ketones (excluding diaryl/α,β-unsaturated/α-hetero) is 1. The lowest BCUT2D eigenvalue weighted by Gasteiger charge is -2.31. The van der Waals surface area contributed by atoms with Gasteiger partial charge in [0.2, 0.25) is 5.88 Å². The fourth-order valence-electron chi connectivity index (χ4n) is 4.55. The molecule has 0 radical (unpaired) electrons. The summed E-state index contributed by atoms with van der Waals surface area (Å²) in [5.41, 5.74) is 7.19. The van der Waals surface area contributed by atoms with Crippen LogP contribution in [0.1, 0.15) is 30.7 Å². The summed E-state index contributed by atoms with van der Waals surface area (Å²) in [4.78, 5) is 25.8. The quantitative estimate of drug-likeness (QED) is 0.423. The molecule has 2 aliphatic rings. The number of halogens is 2. The molecule has 38 heavy (non-hydrogen) atoms. The van der Waals surface area contributed by atoms with Crippen LogP contribution in [0, 0.1) is 11.3 Å². The number of nitrogens with two attached hydrogens (primary N) is 1. The molecular weight excluding hydrogens is 576 g/mol. The van der Waals surface area contributed by atoms with Crippen molar-refractivity contribution in [3.05, 3.63) is 96.9 Å². The molecule has 1 aliphatic heterocycles. The second-order valence-corrected chi connectivity index (χ2v) is 9.78. The minimum Gasteiger partial charge on any atom is -0.493 e. The Morgan fingerprint density at radius 1 is 1.21 bits per heavy atom. The second-order valence-electron chi connectivity index (χ2n) is 8.55. The number of nitrogens with zero attached hydrogens (tertiary/aromatic N) is 3. The van der Waals surface area contributed by atoms with Crippen LogP contribution in [0.2, 0.25) is 5.02 Å². The number of benzene rings is 2. The summed E-state index contributed by atoms with van der Waals surface area (Å²) < 4.78 is 18.8. The summed E-state index contributed by atoms with van der Waals surface area (Å²) >= 11 is 9.88. The van der Waals surface area contributed by atoms with E-state index in [1.54, 1.807) is 36.4 Å². The molecule has 0 amide bonds. The minimum atomic E-state index is -0.726. The van der Waals surface area contributed by atoms with Crippen molar-refractivity contribution in [3.8, 4) is 29.0 Å². The average molecular weight is 596 g/mol. The Morgan fingerprint density at radius 3 is 2.68 bits per heavy atom. The summed E-state index contributed by atoms with van der Waals surface area (Å²) in [6.07, 6.45) is 2.90. The highest BCUT2D eigenvalue weighted by molar-refractivity contribution is 9.10. The number of hydrogen-bond acceptors (Lipinski definition) is 8. The molecule has 192 valence electrons. The molecule has 2 aromatic carbocycles. The van der Waals surface area contributed by atoms with Crippen LogP contribution in [0.25, 0.3) is 5.69 Å². The van der Waals surface area contributed by atoms with E-state index in [9.17, 15) is 14.9 Å². The van der Waals surface area contributed by atoms with E-state index in [4.69, 9.17) is 31.5 Å². The van der Waals surface area contributed by atoms with Gasteiger partial charge in [-0.1, -0.05) is 29.8 Å². The van der Waals surface area contributed by atoms with Crippen molar-refractivity contribution in [2.24, 2.45) is 5.73 Å². The molecule has 0 saturated heterocycles. The summed E-state index contributed by atoms with van der Waals surface area (Å²) in [6, 6.07) is 14.3. The Kier molecular flexibility index (Phi) is 6.97. The van der Waals surface area contributed by atoms with Crippen molar-refractivity contribution in [1.29, 1.82) is 5.26 Å². The number of rotatable bonds is 5. The maximum atomic E-state index is 12.9. The number of nitriles is 1. The van der Waals surface area contributed by atoms with E-state index in [0.717, 1.165) is 0 Å². The van der Waals surface area contributed by atoms with Crippen LogP contribution in [-0.2, 0) is 9.53 Å². The zero-order valence-electron chi connectivity index (χ0n) is 20.0. The molecule has 1 aliphatic carbocycles. The number of hydrogen-bond donors (Lipinski definition) is 1. The fraction of sp³-hybridized carbons (Fsp3) is 0.185. The molecule has 11 heteroatoms. The second kappa shape index (κ2) is 10.4. The van der Waals surface area contributed by atoms with Crippen LogP contribution in [0.15, 0.2) is 80.7 Å². The summed E-state index contributed by atoms with van der Waals surface area (Å²) in [5.74, 6) is 0.151. The highest BCUT2D eigenvalue weighted by atomic mass is 79.9. The number of carbonyl (C=O) groups is 1. The molecule has 0 fully saturated rings. The molecule has 0 unspecified atom stereocenters. The largest absolute Gasteiger partial charge is 0.493 e. The Labute approximate surface area is 230 Å². The van der Waals surface area contributed by atoms with Gasteiger partial charge in [-0.05, 0) is 52.2 Å². The van der Waals surface area contributed by atoms with Gasteiger partial charge in [0.05, 0.1) is 29.4 Å². The van der Waals surface area contributed by atoms with Crippen molar-refractivity contribution < 1.29 is 19.0 Å². The molecule has 2 heterocycles. The molecule has 0 spiro atoms. The first-order valence-corrected chi connectivity index (χ1v) is 12.7. The Morgan fingerprint density at radius 2 is 1.97 bits per heavy atom. The lowest BCUT2D eigenvalue weighted by atomic mass is 9.77. The maximum absolute atomic E-state index is 12.9. The van der Waals surface area contributed by atoms with Gasteiger partial charge in [-0.25, -0.2) is 0 Å². The third-order valence-corrected chi connectivity index (χ3v) is 7.23. The Bertz CT molecular complexity index is 1620. The first kappa shape index (κ1) is 25.6. The van der Waals surface area contributed by atoms with Gasteiger partial charge >= 0.3 is 0 Å². The Hall–Kier alpha value is -4.07. The highest BCUT2D eigenvalue weighted by Crippen LogP contribution is 2.48. The van der Waals surface area contributed by atoms with Crippen LogP contribution in [-0.4, -0.2) is 22.7 Å². The van der Waals surface area contributed by atoms with Crippen molar-refractivity contribution in [2.45, 2.75) is 25.2 Å². The molecule has 5 rings (SSSR count). The van der Waals surface area contributed by atoms with Crippen LogP contribution < -0.4 is 20.8 Å². The molecule has 0 bridgehead atoms. The molecule has 1 atom stereocenters. The van der Waals surface area contributed by atoms with E-state index < -0.39 is 11.5 Å². The number of ketones is 1. The van der Waals surface area contributed by atoms with Crippen LogP contribution in [0.3, 0.4) is 0 Å². The van der Waals surface area contributed by atoms with E-state index in [1.165, 1.54) is 18.0 Å². The Balaban J connectivity index is 1.56. The highest BCUT2D eigenvalue weighted by Gasteiger charge is 2.38. The molecule has 1 aromatic heterocycles. The normalized spacial score (nSPS) is 17.0. The van der Waals surface area contributed by atoms with Crippen molar-refractivity contribution in [2.75, 3.05) is 7.11 Å². The third-order valence-electron chi connectivity index (χ3n) is 6.29. The molecular formula is C27H20BrClN4O5. The number of aromatic nitrogens is 2. The predicted molar refractivity (Wildman–Crippen MR) is 142 cm³/mol. The number of para-hydroxylation sites is 1. The number of allylic oxidation sites excluding steroid dienone is 3. The summed E-state index contributed by atoms with van der Waals surface area (Å²) in [6.45, 7) is 0. The first-order valence-electron chi connectivity index (χ1n) is 11.6. The first-order chi connectivity index (χ1) is 18.3. The van der Waals surface area contributed by atoms with Gasteiger partial charge in [0.25, 0.3) is 5.56 Å². The van der Waals surface area contributed by atoms with Gasteiger partial charge in [0.15, 0.2) is 28.1 Å². The van der Waals surface area contributed by atoms with Crippen LogP contribution in [0.4, 0.5) is 0 Å². The SMILES string of the molecule is COc1cc([C@H]2C(C#N)=C(N)OC3=C2C(=O)CCC3)cc(Br)c1Oc1cnn(-c2ccccc2)c(=O)c1Cl. The fourth-order valence-corrected chi connectivity index (χ4v) is 5.26. The van der Waals surface area contributed by atoms with Gasteiger partial charge < -0.3 is 19.9 Å². The van der Waals surface area contributed by atoms with E-state index in [0.29, 0.717) is 46.3 Å². The number of carbonyl (C=O) groups excluding carboxylic acids is 1. The van der Waals surface area contributed by atoms with Gasteiger partial charge in [-0.2, -0.15) is 15.0 Å². The average Bonchev–Trinajstić information content (AvgIpc) is 2.92. The zero-order chi connectivity index (χ0) is 27.0. The number of methoxy groups -OCH3 is 1. The molecule has 0 saturated carbocycles. The smallest absolute Gasteiger partial charge is 0.294 e. The number of ether oxygens (including phenoxy) is 3. The van der Waals surface area contributed by atoms with E-state index in [-0.39, 0.29) is 39.5 Å². The predicted octanol–water partition coefficient (Wildman–Crippen LogP) is 5.26. The standard InChI is InChI=1S/C27H20BrClN4O5/c1-36-20-11-14(22-16(12-30)26(31)38-19-9-5-8-18(34)23(19)22)10-17(28)25(20)37-21-13-32-33(27(35)24(21)29)15-6-3-2-4-7-15/h2-4,6-7,10-11,13,22H,5,8-9,31H2,1H3/t22-/m0/s1. The monoisotopic (exact) mass is 594 g/mol. The van der Waals surface area contributed by atoms with E-state index >= 15 is 0 Å². The van der Waals surface area contributed by atoms with E-state index in [2.05, 4.69) is 27.1 Å². The molecule has 9 nitrogen and oxygen atoms in total. The molecule has 3 aromatic rings. The lowest BCUT2D eigenvalue weighted by molar-refractivity contribution is -0.116. The van der Waals surface area contributed by atoms with Crippen molar-refractivity contribution >= 4 is 33.3 Å². The van der Waals surface area contributed by atoms with Gasteiger partial charge in [-0.3, -0.25) is 9.59 Å². The maximum Gasteiger partial charge on any atom is 0.294 e. The third kappa shape index (κ3) is 4.44.